The van der Waals surface area contributed by atoms with E-state index in [1.165, 1.54) is 0 Å². The maximum atomic E-state index is 6.08. The zero-order chi connectivity index (χ0) is 13.6. The minimum atomic E-state index is 0.0660. The molecule has 0 unspecified atom stereocenters. The van der Waals surface area contributed by atoms with Crippen LogP contribution in [-0.2, 0) is 0 Å². The van der Waals surface area contributed by atoms with Gasteiger partial charge in [-0.1, -0.05) is 23.2 Å². The van der Waals surface area contributed by atoms with Gasteiger partial charge in [0.25, 0.3) is 0 Å². The van der Waals surface area contributed by atoms with Crippen LogP contribution in [0.3, 0.4) is 0 Å². The summed E-state index contributed by atoms with van der Waals surface area (Å²) in [6.45, 7) is 10.7. The molecule has 0 amide bonds. The summed E-state index contributed by atoms with van der Waals surface area (Å²) in [5, 5.41) is 5.03. The Kier molecular flexibility index (Phi) is 3.56. The van der Waals surface area contributed by atoms with E-state index in [0.29, 0.717) is 10.0 Å². The van der Waals surface area contributed by atoms with Crippen LogP contribution >= 0.6 is 23.2 Å². The van der Waals surface area contributed by atoms with Crippen molar-refractivity contribution >= 4 is 28.9 Å². The number of nitrogens with zero attached hydrogens (tertiary/aromatic N) is 1. The van der Waals surface area contributed by atoms with Gasteiger partial charge in [0.05, 0.1) is 0 Å². The fourth-order valence-corrected chi connectivity index (χ4v) is 3.42. The first kappa shape index (κ1) is 14.0. The molecule has 0 spiro atoms. The van der Waals surface area contributed by atoms with E-state index in [0.717, 1.165) is 18.8 Å². The Labute approximate surface area is 119 Å². The number of rotatable bonds is 1. The number of benzene rings is 1. The second-order valence-electron chi connectivity index (χ2n) is 6.38. The zero-order valence-corrected chi connectivity index (χ0v) is 12.9. The van der Waals surface area contributed by atoms with Crippen LogP contribution in [-0.4, -0.2) is 24.2 Å². The maximum absolute atomic E-state index is 6.08. The van der Waals surface area contributed by atoms with Gasteiger partial charge >= 0.3 is 0 Å². The minimum Gasteiger partial charge on any atom is -0.368 e. The summed E-state index contributed by atoms with van der Waals surface area (Å²) in [5.41, 5.74) is 1.22. The van der Waals surface area contributed by atoms with Crippen LogP contribution in [0.2, 0.25) is 10.0 Å². The predicted octanol–water partition coefficient (Wildman–Crippen LogP) is 3.96. The molecule has 0 radical (unpaired) electrons. The van der Waals surface area contributed by atoms with Gasteiger partial charge in [0.2, 0.25) is 0 Å². The van der Waals surface area contributed by atoms with Gasteiger partial charge in [-0.15, -0.1) is 0 Å². The molecule has 1 aromatic rings. The zero-order valence-electron chi connectivity index (χ0n) is 11.3. The second kappa shape index (κ2) is 4.59. The number of halogens is 2. The summed E-state index contributed by atoms with van der Waals surface area (Å²) < 4.78 is 0. The average molecular weight is 287 g/mol. The molecule has 100 valence electrons. The number of hydrogen-bond donors (Lipinski definition) is 1. The van der Waals surface area contributed by atoms with Crippen LogP contribution < -0.4 is 10.2 Å². The predicted molar refractivity (Wildman–Crippen MR) is 80.0 cm³/mol. The first-order chi connectivity index (χ1) is 8.17. The van der Waals surface area contributed by atoms with Gasteiger partial charge in [-0.25, -0.2) is 0 Å². The number of piperazine rings is 1. The van der Waals surface area contributed by atoms with E-state index in [4.69, 9.17) is 23.2 Å². The van der Waals surface area contributed by atoms with Gasteiger partial charge in [-0.2, -0.15) is 0 Å². The largest absolute Gasteiger partial charge is 0.368 e. The van der Waals surface area contributed by atoms with Gasteiger partial charge in [-0.05, 0) is 45.9 Å². The van der Waals surface area contributed by atoms with Crippen LogP contribution in [0.25, 0.3) is 0 Å². The molecule has 1 aliphatic heterocycles. The summed E-state index contributed by atoms with van der Waals surface area (Å²) in [6, 6.07) is 5.72. The van der Waals surface area contributed by atoms with E-state index < -0.39 is 0 Å². The summed E-state index contributed by atoms with van der Waals surface area (Å²) in [5.74, 6) is 0. The summed E-state index contributed by atoms with van der Waals surface area (Å²) in [6.07, 6.45) is 0. The molecule has 2 nitrogen and oxygen atoms in total. The third-order valence-corrected chi connectivity index (χ3v) is 3.50. The molecule has 0 atom stereocenters. The van der Waals surface area contributed by atoms with Crippen molar-refractivity contribution in [3.8, 4) is 0 Å². The molecule has 1 aromatic carbocycles. The fraction of sp³-hybridized carbons (Fsp3) is 0.571. The molecule has 4 heteroatoms. The second-order valence-corrected chi connectivity index (χ2v) is 7.25. The number of hydrogen-bond acceptors (Lipinski definition) is 2. The molecule has 1 N–H and O–H groups in total. The summed E-state index contributed by atoms with van der Waals surface area (Å²) in [7, 11) is 0. The molecule has 18 heavy (non-hydrogen) atoms. The van der Waals surface area contributed by atoms with Gasteiger partial charge in [0, 0.05) is 39.9 Å². The van der Waals surface area contributed by atoms with E-state index in [2.05, 4.69) is 37.9 Å². The molecule has 1 aliphatic rings. The summed E-state index contributed by atoms with van der Waals surface area (Å²) >= 11 is 12.2. The lowest BCUT2D eigenvalue weighted by molar-refractivity contribution is 0.226. The highest BCUT2D eigenvalue weighted by Gasteiger charge is 2.36. The summed E-state index contributed by atoms with van der Waals surface area (Å²) in [4.78, 5) is 2.34. The lowest BCUT2D eigenvalue weighted by Gasteiger charge is -2.49. The van der Waals surface area contributed by atoms with Crippen molar-refractivity contribution in [2.24, 2.45) is 0 Å². The molecule has 0 bridgehead atoms. The van der Waals surface area contributed by atoms with E-state index in [1.807, 2.05) is 12.1 Å². The molecule has 1 fully saturated rings. The molecule has 1 heterocycles. The van der Waals surface area contributed by atoms with Crippen molar-refractivity contribution in [3.05, 3.63) is 28.2 Å². The Morgan fingerprint density at radius 3 is 1.83 bits per heavy atom. The smallest absolute Gasteiger partial charge is 0.0441 e. The van der Waals surface area contributed by atoms with Crippen molar-refractivity contribution in [2.45, 2.75) is 38.8 Å². The Hall–Kier alpha value is -0.440. The van der Waals surface area contributed by atoms with Crippen LogP contribution in [0.5, 0.6) is 0 Å². The quantitative estimate of drug-likeness (QED) is 0.841. The normalized spacial score (nSPS) is 22.0. The van der Waals surface area contributed by atoms with Crippen LogP contribution in [0, 0.1) is 0 Å². The van der Waals surface area contributed by atoms with Crippen LogP contribution in [0.1, 0.15) is 27.7 Å². The molecule has 2 rings (SSSR count). The Bertz CT molecular complexity index is 419. The highest BCUT2D eigenvalue weighted by Crippen LogP contribution is 2.30. The Balaban J connectivity index is 2.32. The first-order valence-corrected chi connectivity index (χ1v) is 6.93. The highest BCUT2D eigenvalue weighted by molar-refractivity contribution is 6.35. The van der Waals surface area contributed by atoms with Crippen molar-refractivity contribution in [1.82, 2.24) is 5.32 Å². The van der Waals surface area contributed by atoms with Gasteiger partial charge in [-0.3, -0.25) is 0 Å². The SMILES string of the molecule is CC1(C)CN(c2cc(Cl)cc(Cl)c2)CC(C)(C)N1. The number of nitrogens with one attached hydrogen (secondary N) is 1. The monoisotopic (exact) mass is 286 g/mol. The highest BCUT2D eigenvalue weighted by atomic mass is 35.5. The van der Waals surface area contributed by atoms with Gasteiger partial charge in [0.1, 0.15) is 0 Å². The average Bonchev–Trinajstić information content (AvgIpc) is 2.10. The van der Waals surface area contributed by atoms with Crippen LogP contribution in [0.15, 0.2) is 18.2 Å². The Morgan fingerprint density at radius 2 is 1.39 bits per heavy atom. The number of anilines is 1. The first-order valence-electron chi connectivity index (χ1n) is 6.17. The molecule has 0 aliphatic carbocycles. The third kappa shape index (κ3) is 3.31. The lowest BCUT2D eigenvalue weighted by atomic mass is 9.91. The molecule has 0 saturated carbocycles. The molecular formula is C14H20Cl2N2. The molecule has 1 saturated heterocycles. The molecule has 0 aromatic heterocycles. The Morgan fingerprint density at radius 1 is 0.944 bits per heavy atom. The van der Waals surface area contributed by atoms with E-state index in [1.54, 1.807) is 6.07 Å². The maximum Gasteiger partial charge on any atom is 0.0441 e. The van der Waals surface area contributed by atoms with E-state index in [9.17, 15) is 0 Å². The molecular weight excluding hydrogens is 267 g/mol. The van der Waals surface area contributed by atoms with Crippen molar-refractivity contribution in [3.63, 3.8) is 0 Å². The van der Waals surface area contributed by atoms with Gasteiger partial charge < -0.3 is 10.2 Å². The third-order valence-electron chi connectivity index (χ3n) is 3.06. The van der Waals surface area contributed by atoms with E-state index in [-0.39, 0.29) is 11.1 Å². The van der Waals surface area contributed by atoms with Crippen molar-refractivity contribution < 1.29 is 0 Å². The lowest BCUT2D eigenvalue weighted by Crippen LogP contribution is -2.66. The van der Waals surface area contributed by atoms with E-state index >= 15 is 0 Å². The van der Waals surface area contributed by atoms with Gasteiger partial charge in [0.15, 0.2) is 0 Å². The van der Waals surface area contributed by atoms with Crippen molar-refractivity contribution in [2.75, 3.05) is 18.0 Å². The van der Waals surface area contributed by atoms with Crippen LogP contribution in [0.4, 0.5) is 5.69 Å². The fourth-order valence-electron chi connectivity index (χ4n) is 2.91. The topological polar surface area (TPSA) is 15.3 Å². The minimum absolute atomic E-state index is 0.0660. The standard InChI is InChI=1S/C14H20Cl2N2/c1-13(2)8-18(9-14(3,4)17-13)12-6-10(15)5-11(16)7-12/h5-7,17H,8-9H2,1-4H3. The van der Waals surface area contributed by atoms with Crippen molar-refractivity contribution in [1.29, 1.82) is 0 Å².